The van der Waals surface area contributed by atoms with Crippen LogP contribution < -0.4 is 14.4 Å². The van der Waals surface area contributed by atoms with Crippen molar-refractivity contribution >= 4 is 37.5 Å². The minimum Gasteiger partial charge on any atom is -0.470 e. The number of Topliss-reactive ketones (excluding diaryl/α,β-unsaturated/α-hetero) is 3. The van der Waals surface area contributed by atoms with Crippen LogP contribution in [0, 0.1) is 16.7 Å². The van der Waals surface area contributed by atoms with E-state index in [1.165, 1.54) is 0 Å². The van der Waals surface area contributed by atoms with Crippen molar-refractivity contribution < 1.29 is 42.3 Å². The van der Waals surface area contributed by atoms with E-state index in [1.807, 2.05) is 87.5 Å². The molecule has 5 atom stereocenters. The molecule has 4 aliphatic carbocycles. The number of ketones is 3. The van der Waals surface area contributed by atoms with E-state index in [0.717, 1.165) is 11.3 Å². The second kappa shape index (κ2) is 12.6. The number of ether oxygens (including phenoxy) is 3. The quantitative estimate of drug-likeness (QED) is 0.0965. The molecule has 13 heteroatoms. The van der Waals surface area contributed by atoms with Crippen LogP contribution in [-0.4, -0.2) is 81.3 Å². The summed E-state index contributed by atoms with van der Waals surface area (Å²) in [5.74, 6) is -2.01. The Hall–Kier alpha value is -4.33. The molecule has 0 unspecified atom stereocenters. The number of benzene rings is 2. The number of aromatic nitrogens is 1. The summed E-state index contributed by atoms with van der Waals surface area (Å²) >= 11 is 0. The van der Waals surface area contributed by atoms with Crippen LogP contribution in [0.3, 0.4) is 0 Å². The molecule has 0 bridgehead atoms. The largest absolute Gasteiger partial charge is 0.514 e. The van der Waals surface area contributed by atoms with Gasteiger partial charge in [-0.15, -0.1) is 0 Å². The summed E-state index contributed by atoms with van der Waals surface area (Å²) in [6, 6.07) is 12.3. The molecular formula is C42H53N3O9Si. The zero-order valence-corrected chi connectivity index (χ0v) is 35.0. The number of carbonyl (C=O) groups excluding carboxylic acids is 4. The molecule has 1 aromatic heterocycles. The van der Waals surface area contributed by atoms with Gasteiger partial charge in [-0.2, -0.15) is 0 Å². The summed E-state index contributed by atoms with van der Waals surface area (Å²) in [6.45, 7) is 15.5. The van der Waals surface area contributed by atoms with Gasteiger partial charge >= 0.3 is 6.16 Å². The molecule has 3 aromatic rings. The lowest BCUT2D eigenvalue weighted by atomic mass is 9.54. The Morgan fingerprint density at radius 1 is 0.945 bits per heavy atom. The van der Waals surface area contributed by atoms with Crippen LogP contribution in [0.15, 0.2) is 47.0 Å². The second-order valence-electron chi connectivity index (χ2n) is 18.7. The average Bonchev–Trinajstić information content (AvgIpc) is 3.58. The van der Waals surface area contributed by atoms with Crippen molar-refractivity contribution in [2.45, 2.75) is 103 Å². The van der Waals surface area contributed by atoms with Crippen molar-refractivity contribution in [1.82, 2.24) is 10.1 Å². The first-order valence-corrected chi connectivity index (χ1v) is 21.8. The highest BCUT2D eigenvalue weighted by Crippen LogP contribution is 2.79. The number of fused-ring (bicyclic) bond motifs is 3. The van der Waals surface area contributed by atoms with E-state index in [4.69, 9.17) is 23.2 Å². The first-order chi connectivity index (χ1) is 25.5. The number of nitrogens with zero attached hydrogens (tertiary/aromatic N) is 3. The molecular weight excluding hydrogens is 719 g/mol. The standard InChI is InChI=1S/C42H53N3O9Si/c1-38(2,3)52-37(49)51-28-19-18-27(44(7)8)25-20-40-21-26-31(45(9)10)32-30(35(43-53-32)50-22-24-16-14-13-15-17-24)34(47)42(26,54-55(11,12)39(4,5)6)36(48)41(40,23-40)33(46)29(25)28/h13-19,26,31H,20-23H2,1-12H3/t26-,31-,40-,41+,42+/m0/s1. The van der Waals surface area contributed by atoms with Gasteiger partial charge in [0.05, 0.1) is 11.6 Å². The van der Waals surface area contributed by atoms with Crippen LogP contribution >= 0.6 is 0 Å². The molecule has 4 aliphatic rings. The van der Waals surface area contributed by atoms with Gasteiger partial charge in [-0.1, -0.05) is 51.1 Å². The Balaban J connectivity index is 1.42. The smallest absolute Gasteiger partial charge is 0.470 e. The summed E-state index contributed by atoms with van der Waals surface area (Å²) < 4.78 is 30.7. The highest BCUT2D eigenvalue weighted by molar-refractivity contribution is 6.74. The maximum atomic E-state index is 16.0. The average molecular weight is 772 g/mol. The van der Waals surface area contributed by atoms with Gasteiger partial charge in [0, 0.05) is 25.7 Å². The molecule has 0 radical (unpaired) electrons. The summed E-state index contributed by atoms with van der Waals surface area (Å²) in [6.07, 6.45) is -0.0435. The van der Waals surface area contributed by atoms with Gasteiger partial charge in [0.15, 0.2) is 31.2 Å². The van der Waals surface area contributed by atoms with Gasteiger partial charge in [-0.3, -0.25) is 19.3 Å². The fourth-order valence-electron chi connectivity index (χ4n) is 9.07. The third-order valence-electron chi connectivity index (χ3n) is 12.6. The molecule has 12 nitrogen and oxygen atoms in total. The van der Waals surface area contributed by atoms with Crippen molar-refractivity contribution in [2.75, 3.05) is 33.1 Å². The van der Waals surface area contributed by atoms with Crippen LogP contribution in [0.25, 0.3) is 0 Å². The first-order valence-electron chi connectivity index (χ1n) is 18.9. The lowest BCUT2D eigenvalue weighted by Crippen LogP contribution is -2.70. The van der Waals surface area contributed by atoms with Crippen molar-refractivity contribution in [3.63, 3.8) is 0 Å². The monoisotopic (exact) mass is 771 g/mol. The zero-order valence-electron chi connectivity index (χ0n) is 34.0. The molecule has 55 heavy (non-hydrogen) atoms. The third kappa shape index (κ3) is 5.79. The molecule has 294 valence electrons. The minimum absolute atomic E-state index is 0.0167. The van der Waals surface area contributed by atoms with Gasteiger partial charge < -0.3 is 28.1 Å². The normalized spacial score (nSPS) is 27.0. The van der Waals surface area contributed by atoms with Crippen molar-refractivity contribution in [3.05, 3.63) is 70.5 Å². The van der Waals surface area contributed by atoms with Gasteiger partial charge in [-0.05, 0) is 106 Å². The highest BCUT2D eigenvalue weighted by atomic mass is 28.4. The van der Waals surface area contributed by atoms with E-state index in [1.54, 1.807) is 26.8 Å². The Labute approximate surface area is 323 Å². The first kappa shape index (κ1) is 38.9. The number of anilines is 1. The molecule has 1 heterocycles. The summed E-state index contributed by atoms with van der Waals surface area (Å²) in [5, 5.41) is 3.88. The Kier molecular flexibility index (Phi) is 8.91. The molecule has 2 saturated carbocycles. The van der Waals surface area contributed by atoms with Crippen molar-refractivity contribution in [1.29, 1.82) is 0 Å². The Morgan fingerprint density at radius 3 is 2.22 bits per heavy atom. The van der Waals surface area contributed by atoms with Gasteiger partial charge in [0.2, 0.25) is 5.78 Å². The van der Waals surface area contributed by atoms with Crippen molar-refractivity contribution in [2.24, 2.45) is 16.7 Å². The maximum absolute atomic E-state index is 16.0. The van der Waals surface area contributed by atoms with Gasteiger partial charge in [0.1, 0.15) is 28.9 Å². The molecule has 0 aliphatic heterocycles. The lowest BCUT2D eigenvalue weighted by molar-refractivity contribution is -0.151. The molecule has 7 rings (SSSR count). The number of carbonyl (C=O) groups is 4. The summed E-state index contributed by atoms with van der Waals surface area (Å²) in [4.78, 5) is 64.0. The Bertz CT molecular complexity index is 2100. The topological polar surface area (TPSA) is 138 Å². The molecule has 0 amide bonds. The maximum Gasteiger partial charge on any atom is 0.514 e. The van der Waals surface area contributed by atoms with Gasteiger partial charge in [-0.25, -0.2) is 4.79 Å². The SMILES string of the molecule is CN(C)c1ccc(OC(=O)OC(C)(C)C)c2c1C[C@@]13C[C@H]4[C@H](N(C)C)c5onc(OCc6ccccc6)c5C(=O)[C@@]4(O[Si](C)(C)C(C)(C)C)C(=O)[C@@]1(C3)C2=O. The third-order valence-corrected chi connectivity index (χ3v) is 17.0. The second-order valence-corrected chi connectivity index (χ2v) is 23.5. The molecule has 2 fully saturated rings. The molecule has 0 N–H and O–H groups in total. The summed E-state index contributed by atoms with van der Waals surface area (Å²) in [5.41, 5.74) is -2.76. The fourth-order valence-corrected chi connectivity index (χ4v) is 10.5. The molecule has 0 saturated heterocycles. The molecule has 0 spiro atoms. The molecule has 2 aromatic carbocycles. The van der Waals surface area contributed by atoms with E-state index < -0.39 is 70.9 Å². The lowest BCUT2D eigenvalue weighted by Gasteiger charge is -2.56. The van der Waals surface area contributed by atoms with E-state index in [-0.39, 0.29) is 35.8 Å². The number of hydrogen-bond acceptors (Lipinski definition) is 12. The number of rotatable bonds is 8. The van der Waals surface area contributed by atoms with Crippen LogP contribution in [0.5, 0.6) is 11.6 Å². The predicted octanol–water partition coefficient (Wildman–Crippen LogP) is 7.60. The van der Waals surface area contributed by atoms with E-state index in [9.17, 15) is 4.79 Å². The van der Waals surface area contributed by atoms with E-state index in [0.29, 0.717) is 24.2 Å². The van der Waals surface area contributed by atoms with E-state index >= 15 is 14.4 Å². The minimum atomic E-state index is -2.95. The van der Waals surface area contributed by atoms with Crippen LogP contribution in [0.4, 0.5) is 10.5 Å². The van der Waals surface area contributed by atoms with Gasteiger partial charge in [0.25, 0.3) is 5.88 Å². The summed E-state index contributed by atoms with van der Waals surface area (Å²) in [7, 11) is 4.59. The van der Waals surface area contributed by atoms with Crippen LogP contribution in [-0.2, 0) is 27.0 Å². The van der Waals surface area contributed by atoms with Crippen molar-refractivity contribution in [3.8, 4) is 11.6 Å². The fraction of sp³-hybridized carbons (Fsp3) is 0.548. The van der Waals surface area contributed by atoms with Crippen LogP contribution in [0.2, 0.25) is 18.1 Å². The van der Waals surface area contributed by atoms with Crippen LogP contribution in [0.1, 0.15) is 98.0 Å². The van der Waals surface area contributed by atoms with E-state index in [2.05, 4.69) is 25.9 Å². The number of hydrogen-bond donors (Lipinski definition) is 0. The Morgan fingerprint density at radius 2 is 1.62 bits per heavy atom. The predicted molar refractivity (Wildman–Crippen MR) is 207 cm³/mol. The zero-order chi connectivity index (χ0) is 40.3. The highest BCUT2D eigenvalue weighted by Gasteiger charge is 2.87.